The summed E-state index contributed by atoms with van der Waals surface area (Å²) in [5.41, 5.74) is 0. The summed E-state index contributed by atoms with van der Waals surface area (Å²) in [5, 5.41) is 0. The number of esters is 1. The molecule has 0 rings (SSSR count). The summed E-state index contributed by atoms with van der Waals surface area (Å²) in [5.74, 6) is -0.122. The molecule has 15 heteroatoms. The van der Waals surface area contributed by atoms with Gasteiger partial charge in [0.15, 0.2) is 0 Å². The van der Waals surface area contributed by atoms with Gasteiger partial charge in [0, 0.05) is 109 Å². The molecule has 39 radical (unpaired) electrons. The van der Waals surface area contributed by atoms with Crippen LogP contribution < -0.4 is 0 Å². The molecule has 117 valence electrons. The van der Waals surface area contributed by atoms with E-state index in [1.807, 2.05) is 0 Å². The quantitative estimate of drug-likeness (QED) is 0.263. The van der Waals surface area contributed by atoms with E-state index in [9.17, 15) is 4.79 Å². The van der Waals surface area contributed by atoms with Crippen molar-refractivity contribution in [2.45, 2.75) is 52.9 Å². The number of hydrogen-bond acceptors (Lipinski definition) is 2. The fourth-order valence-electron chi connectivity index (χ4n) is 0.547. The van der Waals surface area contributed by atoms with E-state index in [0.29, 0.717) is 19.4 Å². The molecule has 0 aliphatic rings. The van der Waals surface area contributed by atoms with E-state index in [2.05, 4.69) is 27.7 Å². The van der Waals surface area contributed by atoms with Crippen LogP contribution in [0.2, 0.25) is 0 Å². The van der Waals surface area contributed by atoms with Crippen molar-refractivity contribution in [1.29, 1.82) is 0 Å². The second kappa shape index (κ2) is 142. The van der Waals surface area contributed by atoms with Gasteiger partial charge in [0.1, 0.15) is 0 Å². The number of hydrogen-bond donors (Lipinski definition) is 0. The number of rotatable bonds is 5. The predicted molar refractivity (Wildman–Crippen MR) is 131 cm³/mol. The average molecular weight is 328 g/mol. The Morgan fingerprint density at radius 1 is 0.692 bits per heavy atom. The predicted octanol–water partition coefficient (Wildman–Crippen LogP) is -1.59. The molecule has 0 aromatic rings. The lowest BCUT2D eigenvalue weighted by Crippen LogP contribution is -2.04. The van der Waals surface area contributed by atoms with Crippen LogP contribution in [0.4, 0.5) is 0 Å². The SMILES string of the molecule is CCC.[B].[B].[B].[B].[B].[B].[B].[B].[B].[B].[B].[B].[B].[CH2+]CCC(=O)OCCCC. The van der Waals surface area contributed by atoms with Crippen LogP contribution in [-0.4, -0.2) is 122 Å². The molecule has 0 aliphatic heterocycles. The van der Waals surface area contributed by atoms with Gasteiger partial charge < -0.3 is 4.74 Å². The first-order chi connectivity index (χ1) is 6.22. The molecule has 0 spiro atoms. The highest BCUT2D eigenvalue weighted by Gasteiger charge is 2.00. The molecule has 0 amide bonds. The lowest BCUT2D eigenvalue weighted by molar-refractivity contribution is -0.143. The summed E-state index contributed by atoms with van der Waals surface area (Å²) >= 11 is 0. The van der Waals surface area contributed by atoms with Crippen LogP contribution in [0.15, 0.2) is 0 Å². The maximum atomic E-state index is 10.7. The lowest BCUT2D eigenvalue weighted by Gasteiger charge is -1.99. The molecule has 26 heavy (non-hydrogen) atoms. The zero-order chi connectivity index (χ0) is 10.5. The highest BCUT2D eigenvalue weighted by molar-refractivity contribution is 5.77. The molecule has 0 aromatic heterocycles. The minimum absolute atomic E-state index is 0. The molecule has 0 N–H and O–H groups in total. The third-order valence-electron chi connectivity index (χ3n) is 1.14. The van der Waals surface area contributed by atoms with Gasteiger partial charge in [-0.1, -0.05) is 33.6 Å². The zero-order valence-corrected chi connectivity index (χ0v) is 16.8. The van der Waals surface area contributed by atoms with E-state index in [1.54, 1.807) is 0 Å². The summed E-state index contributed by atoms with van der Waals surface area (Å²) in [6, 6.07) is 0. The van der Waals surface area contributed by atoms with Crippen LogP contribution in [0.5, 0.6) is 0 Å². The first-order valence-electron chi connectivity index (χ1n) is 5.17. The van der Waals surface area contributed by atoms with E-state index < -0.39 is 0 Å². The number of carbonyl (C=O) groups is 1. The van der Waals surface area contributed by atoms with Crippen LogP contribution in [0.1, 0.15) is 52.9 Å². The summed E-state index contributed by atoms with van der Waals surface area (Å²) in [6.45, 7) is 10.4. The maximum Gasteiger partial charge on any atom is 0.310 e. The van der Waals surface area contributed by atoms with Crippen LogP contribution >= 0.6 is 0 Å². The first-order valence-corrected chi connectivity index (χ1v) is 5.17. The second-order valence-electron chi connectivity index (χ2n) is 2.88. The summed E-state index contributed by atoms with van der Waals surface area (Å²) in [7, 11) is 0. The van der Waals surface area contributed by atoms with Gasteiger partial charge >= 0.3 is 5.97 Å². The van der Waals surface area contributed by atoms with Crippen LogP contribution in [-0.2, 0) is 9.53 Å². The Morgan fingerprint density at radius 3 is 1.15 bits per heavy atom. The van der Waals surface area contributed by atoms with Crippen LogP contribution in [0, 0.1) is 6.92 Å². The molecular formula is C11H23B13O2+. The highest BCUT2D eigenvalue weighted by atomic mass is 16.5. The van der Waals surface area contributed by atoms with Gasteiger partial charge in [-0.3, -0.25) is 4.79 Å². The normalized spacial score (nSPS) is 4.27. The van der Waals surface area contributed by atoms with Crippen molar-refractivity contribution in [1.82, 2.24) is 0 Å². The zero-order valence-electron chi connectivity index (χ0n) is 16.8. The van der Waals surface area contributed by atoms with E-state index in [-0.39, 0.29) is 115 Å². The van der Waals surface area contributed by atoms with Gasteiger partial charge in [0.25, 0.3) is 0 Å². The van der Waals surface area contributed by atoms with Crippen molar-refractivity contribution in [3.63, 3.8) is 0 Å². The van der Waals surface area contributed by atoms with Gasteiger partial charge in [0.05, 0.1) is 26.4 Å². The van der Waals surface area contributed by atoms with Crippen molar-refractivity contribution in [3.8, 4) is 0 Å². The second-order valence-corrected chi connectivity index (χ2v) is 2.88. The summed E-state index contributed by atoms with van der Waals surface area (Å²) < 4.78 is 4.84. The Balaban J connectivity index is -0.00000000550. The Hall–Kier alpha value is 0.184. The Morgan fingerprint density at radius 2 is 0.962 bits per heavy atom. The summed E-state index contributed by atoms with van der Waals surface area (Å²) in [4.78, 5) is 10.7. The average Bonchev–Trinajstić information content (AvgIpc) is 2.07. The highest BCUT2D eigenvalue weighted by Crippen LogP contribution is 1.93. The Kier molecular flexibility index (Phi) is 725. The molecule has 0 aromatic carbocycles. The van der Waals surface area contributed by atoms with Gasteiger partial charge in [0.2, 0.25) is 0 Å². The van der Waals surface area contributed by atoms with Gasteiger partial charge in [-0.15, -0.1) is 0 Å². The number of unbranched alkanes of at least 4 members (excludes halogenated alkanes) is 1. The van der Waals surface area contributed by atoms with Crippen molar-refractivity contribution >= 4 is 115 Å². The monoisotopic (exact) mass is 330 g/mol. The van der Waals surface area contributed by atoms with Crippen LogP contribution in [0.25, 0.3) is 0 Å². The lowest BCUT2D eigenvalue weighted by atomic mass is 10.3. The molecule has 0 unspecified atom stereocenters. The van der Waals surface area contributed by atoms with E-state index in [0.717, 1.165) is 12.8 Å². The third-order valence-corrected chi connectivity index (χ3v) is 1.14. The van der Waals surface area contributed by atoms with Crippen molar-refractivity contribution < 1.29 is 9.53 Å². The molecule has 0 atom stereocenters. The van der Waals surface area contributed by atoms with Gasteiger partial charge in [-0.2, -0.15) is 0 Å². The topological polar surface area (TPSA) is 26.3 Å². The molecule has 0 aliphatic carbocycles. The molecule has 0 saturated heterocycles. The smallest absolute Gasteiger partial charge is 0.310 e. The van der Waals surface area contributed by atoms with Crippen molar-refractivity contribution in [2.24, 2.45) is 0 Å². The third kappa shape index (κ3) is 194. The molecule has 0 heterocycles. The maximum absolute atomic E-state index is 10.7. The van der Waals surface area contributed by atoms with E-state index in [1.165, 1.54) is 6.42 Å². The van der Waals surface area contributed by atoms with Crippen LogP contribution in [0.3, 0.4) is 0 Å². The Labute approximate surface area is 191 Å². The van der Waals surface area contributed by atoms with E-state index in [4.69, 9.17) is 4.74 Å². The molecular weight excluding hydrogens is 305 g/mol. The fraction of sp³-hybridized carbons (Fsp3) is 0.818. The minimum atomic E-state index is -0.122. The Bertz CT molecular complexity index is 126. The minimum Gasteiger partial charge on any atom is -0.466 e. The van der Waals surface area contributed by atoms with Gasteiger partial charge in [-0.25, -0.2) is 0 Å². The molecule has 0 bridgehead atoms. The first kappa shape index (κ1) is 133. The van der Waals surface area contributed by atoms with Crippen molar-refractivity contribution in [2.75, 3.05) is 6.61 Å². The van der Waals surface area contributed by atoms with E-state index >= 15 is 0 Å². The fourth-order valence-corrected chi connectivity index (χ4v) is 0.547. The van der Waals surface area contributed by atoms with Gasteiger partial charge in [-0.05, 0) is 6.42 Å². The largest absolute Gasteiger partial charge is 0.466 e. The molecule has 0 saturated carbocycles. The molecule has 0 fully saturated rings. The standard InChI is InChI=1S/C8H15O2.C3H8.13B/c1-3-5-7-10-8(9)6-4-2;1-3-2;;;;;;;;;;;;;/h2-7H2,1H3;3H2,1-2H3;;;;;;;;;;;;;/q+1;;;;;;;;;;;;;;. The number of carbonyl (C=O) groups excluding carboxylic acids is 1. The number of ether oxygens (including phenoxy) is 1. The molecule has 2 nitrogen and oxygen atoms in total. The van der Waals surface area contributed by atoms with Crippen molar-refractivity contribution in [3.05, 3.63) is 6.92 Å². The summed E-state index contributed by atoms with van der Waals surface area (Å²) in [6.07, 6.45) is 4.36.